The normalized spacial score (nSPS) is 17.8. The quantitative estimate of drug-likeness (QED) is 0.425. The van der Waals surface area contributed by atoms with E-state index in [1.807, 2.05) is 0 Å². The van der Waals surface area contributed by atoms with E-state index in [2.05, 4.69) is 0 Å². The average Bonchev–Trinajstić information content (AvgIpc) is 2.65. The van der Waals surface area contributed by atoms with Crippen LogP contribution in [0.2, 0.25) is 0 Å². The van der Waals surface area contributed by atoms with Crippen LogP contribution >= 0.6 is 0 Å². The molecular formula is C15H16F4O. The van der Waals surface area contributed by atoms with Crippen molar-refractivity contribution in [1.82, 2.24) is 0 Å². The van der Waals surface area contributed by atoms with E-state index < -0.39 is 28.9 Å². The van der Waals surface area contributed by atoms with Crippen LogP contribution < -0.4 is 0 Å². The number of carbonyl (C=O) groups is 1. The van der Waals surface area contributed by atoms with Crippen LogP contribution in [0.4, 0.5) is 17.6 Å². The lowest BCUT2D eigenvalue weighted by Gasteiger charge is -2.15. The molecule has 1 aromatic rings. The van der Waals surface area contributed by atoms with Gasteiger partial charge in [-0.05, 0) is 25.0 Å². The van der Waals surface area contributed by atoms with Crippen LogP contribution in [0.5, 0.6) is 0 Å². The molecule has 0 atom stereocenters. The Balaban J connectivity index is 2.30. The van der Waals surface area contributed by atoms with Crippen molar-refractivity contribution in [3.05, 3.63) is 35.1 Å². The van der Waals surface area contributed by atoms with Gasteiger partial charge in [0.15, 0.2) is 5.78 Å². The van der Waals surface area contributed by atoms with Crippen LogP contribution in [0.15, 0.2) is 18.2 Å². The fourth-order valence-corrected chi connectivity index (χ4v) is 2.70. The number of carbonyl (C=O) groups excluding carboxylic acids is 1. The molecule has 0 bridgehead atoms. The molecule has 1 aliphatic rings. The molecule has 2 rings (SSSR count). The summed E-state index contributed by atoms with van der Waals surface area (Å²) in [4.78, 5) is 12.2. The summed E-state index contributed by atoms with van der Waals surface area (Å²) in [7, 11) is 0. The first-order valence-electron chi connectivity index (χ1n) is 6.81. The Labute approximate surface area is 115 Å². The first-order chi connectivity index (χ1) is 9.41. The highest BCUT2D eigenvalue weighted by atomic mass is 19.4. The van der Waals surface area contributed by atoms with Crippen LogP contribution in [-0.2, 0) is 6.18 Å². The lowest BCUT2D eigenvalue weighted by molar-refractivity contribution is -0.140. The van der Waals surface area contributed by atoms with Gasteiger partial charge in [0.1, 0.15) is 5.82 Å². The lowest BCUT2D eigenvalue weighted by atomic mass is 9.90. The summed E-state index contributed by atoms with van der Waals surface area (Å²) < 4.78 is 51.9. The van der Waals surface area contributed by atoms with Crippen molar-refractivity contribution in [1.29, 1.82) is 0 Å². The zero-order chi connectivity index (χ0) is 14.8. The van der Waals surface area contributed by atoms with E-state index in [0.29, 0.717) is 18.9 Å². The number of rotatable bonds is 2. The largest absolute Gasteiger partial charge is 0.419 e. The number of halogens is 4. The zero-order valence-electron chi connectivity index (χ0n) is 11.0. The summed E-state index contributed by atoms with van der Waals surface area (Å²) in [6.07, 6.45) is 0.282. The Morgan fingerprint density at radius 1 is 1.05 bits per heavy atom. The predicted molar refractivity (Wildman–Crippen MR) is 66.9 cm³/mol. The number of alkyl halides is 3. The molecule has 0 saturated heterocycles. The first kappa shape index (κ1) is 15.0. The van der Waals surface area contributed by atoms with Gasteiger partial charge in [0.05, 0.1) is 11.1 Å². The minimum Gasteiger partial charge on any atom is -0.294 e. The zero-order valence-corrected chi connectivity index (χ0v) is 11.0. The van der Waals surface area contributed by atoms with E-state index in [0.717, 1.165) is 37.8 Å². The van der Waals surface area contributed by atoms with E-state index in [1.54, 1.807) is 0 Å². The first-order valence-corrected chi connectivity index (χ1v) is 6.81. The molecule has 1 nitrogen and oxygen atoms in total. The highest BCUT2D eigenvalue weighted by Gasteiger charge is 2.36. The molecule has 1 saturated carbocycles. The number of ketones is 1. The molecule has 0 radical (unpaired) electrons. The van der Waals surface area contributed by atoms with Crippen LogP contribution in [0.25, 0.3) is 0 Å². The van der Waals surface area contributed by atoms with E-state index >= 15 is 0 Å². The second-order valence-electron chi connectivity index (χ2n) is 5.22. The van der Waals surface area contributed by atoms with Crippen LogP contribution in [0.1, 0.15) is 54.4 Å². The van der Waals surface area contributed by atoms with Crippen molar-refractivity contribution in [2.24, 2.45) is 5.92 Å². The highest BCUT2D eigenvalue weighted by molar-refractivity contribution is 5.98. The van der Waals surface area contributed by atoms with Gasteiger partial charge in [0.25, 0.3) is 0 Å². The standard InChI is InChI=1S/C15H16F4O/c16-13-11(8-5-9-12(13)15(17,18)19)14(20)10-6-3-1-2-4-7-10/h5,8-10H,1-4,6-7H2. The molecule has 1 aromatic carbocycles. The van der Waals surface area contributed by atoms with E-state index in [-0.39, 0.29) is 5.92 Å². The van der Waals surface area contributed by atoms with Crippen molar-refractivity contribution in [2.45, 2.75) is 44.7 Å². The Morgan fingerprint density at radius 3 is 2.20 bits per heavy atom. The van der Waals surface area contributed by atoms with Gasteiger partial charge in [-0.2, -0.15) is 13.2 Å². The van der Waals surface area contributed by atoms with Crippen LogP contribution in [-0.4, -0.2) is 5.78 Å². The molecule has 0 aliphatic heterocycles. The second kappa shape index (κ2) is 5.94. The maximum atomic E-state index is 13.9. The lowest BCUT2D eigenvalue weighted by Crippen LogP contribution is -2.18. The average molecular weight is 288 g/mol. The maximum absolute atomic E-state index is 13.9. The number of Topliss-reactive ketones (excluding diaryl/α,β-unsaturated/α-hetero) is 1. The molecule has 20 heavy (non-hydrogen) atoms. The SMILES string of the molecule is O=C(c1cccc(C(F)(F)F)c1F)C1CCCCCC1. The van der Waals surface area contributed by atoms with Gasteiger partial charge in [-0.15, -0.1) is 0 Å². The summed E-state index contributed by atoms with van der Waals surface area (Å²) in [6.45, 7) is 0. The fourth-order valence-electron chi connectivity index (χ4n) is 2.70. The highest BCUT2D eigenvalue weighted by Crippen LogP contribution is 2.34. The Hall–Kier alpha value is -1.39. The van der Waals surface area contributed by atoms with Gasteiger partial charge in [-0.25, -0.2) is 4.39 Å². The second-order valence-corrected chi connectivity index (χ2v) is 5.22. The van der Waals surface area contributed by atoms with Crippen LogP contribution in [0.3, 0.4) is 0 Å². The Morgan fingerprint density at radius 2 is 1.65 bits per heavy atom. The predicted octanol–water partition coefficient (Wildman–Crippen LogP) is 5.00. The van der Waals surface area contributed by atoms with E-state index in [1.165, 1.54) is 0 Å². The molecule has 0 spiro atoms. The monoisotopic (exact) mass is 288 g/mol. The van der Waals surface area contributed by atoms with Crippen molar-refractivity contribution < 1.29 is 22.4 Å². The molecule has 1 fully saturated rings. The number of hydrogen-bond acceptors (Lipinski definition) is 1. The smallest absolute Gasteiger partial charge is 0.294 e. The summed E-state index contributed by atoms with van der Waals surface area (Å²) >= 11 is 0. The Kier molecular flexibility index (Phi) is 4.45. The summed E-state index contributed by atoms with van der Waals surface area (Å²) in [5.74, 6) is -2.28. The third-order valence-corrected chi connectivity index (χ3v) is 3.80. The summed E-state index contributed by atoms with van der Waals surface area (Å²) in [6, 6.07) is 2.91. The van der Waals surface area contributed by atoms with Gasteiger partial charge >= 0.3 is 6.18 Å². The number of benzene rings is 1. The third-order valence-electron chi connectivity index (χ3n) is 3.80. The maximum Gasteiger partial charge on any atom is 0.419 e. The van der Waals surface area contributed by atoms with Gasteiger partial charge in [0, 0.05) is 5.92 Å². The summed E-state index contributed by atoms with van der Waals surface area (Å²) in [5, 5.41) is 0. The van der Waals surface area contributed by atoms with Crippen molar-refractivity contribution in [2.75, 3.05) is 0 Å². The van der Waals surface area contributed by atoms with Crippen molar-refractivity contribution in [3.8, 4) is 0 Å². The molecule has 0 amide bonds. The van der Waals surface area contributed by atoms with Crippen molar-refractivity contribution >= 4 is 5.78 Å². The Bertz CT molecular complexity index is 485. The minimum absolute atomic E-state index is 0.351. The van der Waals surface area contributed by atoms with Crippen LogP contribution in [0, 0.1) is 11.7 Å². The molecule has 0 aromatic heterocycles. The topological polar surface area (TPSA) is 17.1 Å². The molecule has 0 unspecified atom stereocenters. The summed E-state index contributed by atoms with van der Waals surface area (Å²) in [5.41, 5.74) is -1.79. The fraction of sp³-hybridized carbons (Fsp3) is 0.533. The molecular weight excluding hydrogens is 272 g/mol. The molecule has 5 heteroatoms. The van der Waals surface area contributed by atoms with E-state index in [9.17, 15) is 22.4 Å². The van der Waals surface area contributed by atoms with Gasteiger partial charge < -0.3 is 0 Å². The van der Waals surface area contributed by atoms with Crippen molar-refractivity contribution in [3.63, 3.8) is 0 Å². The minimum atomic E-state index is -4.77. The van der Waals surface area contributed by atoms with Gasteiger partial charge in [0.2, 0.25) is 0 Å². The van der Waals surface area contributed by atoms with E-state index in [4.69, 9.17) is 0 Å². The third kappa shape index (κ3) is 3.19. The van der Waals surface area contributed by atoms with Gasteiger partial charge in [-0.1, -0.05) is 31.7 Å². The molecule has 1 aliphatic carbocycles. The molecule has 0 heterocycles. The molecule has 0 N–H and O–H groups in total. The number of hydrogen-bond donors (Lipinski definition) is 0. The van der Waals surface area contributed by atoms with Gasteiger partial charge in [-0.3, -0.25) is 4.79 Å². The molecule has 110 valence electrons.